The molecule has 3 rings (SSSR count). The van der Waals surface area contributed by atoms with Gasteiger partial charge in [0, 0.05) is 45.8 Å². The molecule has 2 aromatic rings. The van der Waals surface area contributed by atoms with Crippen molar-refractivity contribution in [2.24, 2.45) is 11.8 Å². The summed E-state index contributed by atoms with van der Waals surface area (Å²) in [6, 6.07) is 8.16. The van der Waals surface area contributed by atoms with Crippen LogP contribution in [0.15, 0.2) is 24.3 Å². The number of nitrogens with zero attached hydrogens (tertiary/aromatic N) is 3. The third kappa shape index (κ3) is 11.6. The van der Waals surface area contributed by atoms with Crippen molar-refractivity contribution >= 4 is 35.1 Å². The molecular formula is C31H49ClN8O6. The van der Waals surface area contributed by atoms with Crippen LogP contribution in [-0.2, 0) is 11.2 Å². The Morgan fingerprint density at radius 3 is 2.43 bits per heavy atom. The molecule has 0 bridgehead atoms. The third-order valence-electron chi connectivity index (χ3n) is 8.36. The maximum Gasteiger partial charge on any atom is 0.273 e. The van der Waals surface area contributed by atoms with Gasteiger partial charge in [-0.05, 0) is 68.7 Å². The molecule has 1 fully saturated rings. The zero-order valence-corrected chi connectivity index (χ0v) is 27.1. The molecule has 1 saturated heterocycles. The molecule has 0 radical (unpaired) electrons. The fourth-order valence-electron chi connectivity index (χ4n) is 5.46. The lowest BCUT2D eigenvalue weighted by Crippen LogP contribution is -2.45. The van der Waals surface area contributed by atoms with Crippen LogP contribution in [0.1, 0.15) is 47.3 Å². The van der Waals surface area contributed by atoms with Crippen LogP contribution in [-0.4, -0.2) is 118 Å². The number of likely N-dealkylation sites (tertiary alicyclic amines) is 1. The Kier molecular flexibility index (Phi) is 15.3. The van der Waals surface area contributed by atoms with Gasteiger partial charge in [-0.1, -0.05) is 35.9 Å². The normalized spacial score (nSPS) is 16.5. The molecule has 0 unspecified atom stereocenters. The molecule has 4 atom stereocenters. The molecule has 0 saturated carbocycles. The number of carbonyl (C=O) groups excluding carboxylic acids is 2. The van der Waals surface area contributed by atoms with E-state index >= 15 is 0 Å². The van der Waals surface area contributed by atoms with E-state index in [-0.39, 0.29) is 60.3 Å². The Balaban J connectivity index is 1.42. The summed E-state index contributed by atoms with van der Waals surface area (Å²) in [4.78, 5) is 35.3. The van der Waals surface area contributed by atoms with Crippen LogP contribution in [0, 0.1) is 18.8 Å². The number of hydrogen-bond acceptors (Lipinski definition) is 12. The topological polar surface area (TPSA) is 232 Å². The predicted octanol–water partition coefficient (Wildman–Crippen LogP) is -0.535. The first-order valence-corrected chi connectivity index (χ1v) is 16.1. The van der Waals surface area contributed by atoms with E-state index < -0.39 is 24.2 Å². The Labute approximate surface area is 274 Å². The summed E-state index contributed by atoms with van der Waals surface area (Å²) < 4.78 is 0. The van der Waals surface area contributed by atoms with Gasteiger partial charge in [-0.25, -0.2) is 9.97 Å². The minimum atomic E-state index is -1.37. The summed E-state index contributed by atoms with van der Waals surface area (Å²) in [6.07, 6.45) is -1.06. The van der Waals surface area contributed by atoms with Gasteiger partial charge in [0.15, 0.2) is 22.5 Å². The van der Waals surface area contributed by atoms with Crippen molar-refractivity contribution in [2.45, 2.75) is 57.3 Å². The van der Waals surface area contributed by atoms with Crippen LogP contribution < -0.4 is 27.4 Å². The largest absolute Gasteiger partial charge is 0.396 e. The number of aryl methyl sites for hydroxylation is 1. The zero-order valence-electron chi connectivity index (χ0n) is 26.4. The van der Waals surface area contributed by atoms with Crippen LogP contribution in [0.3, 0.4) is 0 Å². The molecular weight excluding hydrogens is 616 g/mol. The summed E-state index contributed by atoms with van der Waals surface area (Å²) in [5, 5.41) is 47.8. The van der Waals surface area contributed by atoms with Crippen molar-refractivity contribution in [3.05, 3.63) is 46.2 Å². The molecule has 0 spiro atoms. The zero-order chi connectivity index (χ0) is 33.6. The first-order valence-electron chi connectivity index (χ1n) is 15.8. The minimum absolute atomic E-state index is 0.0241. The molecule has 256 valence electrons. The number of hydrogen-bond donors (Lipinski definition) is 9. The van der Waals surface area contributed by atoms with E-state index in [0.29, 0.717) is 38.6 Å². The lowest BCUT2D eigenvalue weighted by molar-refractivity contribution is -0.132. The number of anilines is 2. The molecule has 1 aromatic heterocycles. The quantitative estimate of drug-likeness (QED) is 0.0915. The Morgan fingerprint density at radius 1 is 1.02 bits per heavy atom. The molecule has 1 aliphatic rings. The van der Waals surface area contributed by atoms with Gasteiger partial charge >= 0.3 is 0 Å². The number of aliphatic hydroxyl groups excluding tert-OH is 4. The average molecular weight is 665 g/mol. The molecule has 15 heteroatoms. The van der Waals surface area contributed by atoms with Crippen LogP contribution >= 0.6 is 11.6 Å². The number of amides is 2. The van der Waals surface area contributed by atoms with Crippen molar-refractivity contribution in [3.8, 4) is 0 Å². The molecule has 1 aromatic carbocycles. The monoisotopic (exact) mass is 664 g/mol. The second kappa shape index (κ2) is 18.9. The Bertz CT molecular complexity index is 1270. The van der Waals surface area contributed by atoms with Gasteiger partial charge in [0.05, 0.1) is 12.2 Å². The van der Waals surface area contributed by atoms with Crippen molar-refractivity contribution in [2.75, 3.05) is 63.9 Å². The maximum atomic E-state index is 12.9. The molecule has 0 aliphatic carbocycles. The minimum Gasteiger partial charge on any atom is -0.396 e. The fourth-order valence-corrected chi connectivity index (χ4v) is 5.58. The number of rotatable bonds is 18. The number of nitrogens with one attached hydrogen (secondary N) is 3. The van der Waals surface area contributed by atoms with Gasteiger partial charge in [0.1, 0.15) is 6.10 Å². The maximum absolute atomic E-state index is 12.9. The summed E-state index contributed by atoms with van der Waals surface area (Å²) in [7, 11) is 0. The first-order chi connectivity index (χ1) is 22.0. The fraction of sp³-hybridized carbons (Fsp3) is 0.613. The third-order valence-corrected chi connectivity index (χ3v) is 8.63. The van der Waals surface area contributed by atoms with E-state index in [2.05, 4.69) is 45.0 Å². The lowest BCUT2D eigenvalue weighted by Gasteiger charge is -2.32. The number of halogens is 1. The van der Waals surface area contributed by atoms with E-state index in [0.717, 1.165) is 25.8 Å². The van der Waals surface area contributed by atoms with Gasteiger partial charge in [0.25, 0.3) is 5.91 Å². The van der Waals surface area contributed by atoms with Crippen molar-refractivity contribution < 1.29 is 30.0 Å². The highest BCUT2D eigenvalue weighted by atomic mass is 35.5. The lowest BCUT2D eigenvalue weighted by atomic mass is 9.94. The van der Waals surface area contributed by atoms with E-state index in [1.807, 2.05) is 17.0 Å². The standard InChI is InChI=1S/C31H49ClN8O6/c1-19-4-2-3-5-22(19)14-21(17-37-31(46)26-29(33)39-30(34)28(32)38-26)16-36-15-20-7-11-40(12-8-20)25(44)6-10-35-18-24(43)27(45)23(42)9-13-41/h2-5,20-21,23-24,27,35-36,41-43,45H,6-18H2,1H3,(H,37,46)(H4,33,34,39)/t21-,23-,24+,27+/m1/s1. The number of aliphatic hydroxyl groups is 4. The number of piperidine rings is 1. The van der Waals surface area contributed by atoms with Gasteiger partial charge in [-0.2, -0.15) is 0 Å². The van der Waals surface area contributed by atoms with Crippen LogP contribution in [0.25, 0.3) is 0 Å². The molecule has 1 aliphatic heterocycles. The molecule has 2 heterocycles. The van der Waals surface area contributed by atoms with Gasteiger partial charge in [0.2, 0.25) is 5.91 Å². The Hall–Kier alpha value is -3.11. The predicted molar refractivity (Wildman–Crippen MR) is 176 cm³/mol. The first kappa shape index (κ1) is 37.3. The number of carbonyl (C=O) groups is 2. The van der Waals surface area contributed by atoms with Gasteiger partial charge in [-0.3, -0.25) is 9.59 Å². The highest BCUT2D eigenvalue weighted by molar-refractivity contribution is 6.31. The number of benzene rings is 1. The smallest absolute Gasteiger partial charge is 0.273 e. The van der Waals surface area contributed by atoms with E-state index in [1.165, 1.54) is 11.1 Å². The molecule has 11 N–H and O–H groups in total. The second-order valence-electron chi connectivity index (χ2n) is 11.9. The van der Waals surface area contributed by atoms with Gasteiger partial charge < -0.3 is 52.7 Å². The van der Waals surface area contributed by atoms with Crippen molar-refractivity contribution in [1.29, 1.82) is 0 Å². The van der Waals surface area contributed by atoms with Crippen molar-refractivity contribution in [1.82, 2.24) is 30.8 Å². The van der Waals surface area contributed by atoms with Crippen LogP contribution in [0.4, 0.5) is 11.6 Å². The summed E-state index contributed by atoms with van der Waals surface area (Å²) >= 11 is 5.95. The molecule has 2 amide bonds. The van der Waals surface area contributed by atoms with Crippen LogP contribution in [0.2, 0.25) is 5.15 Å². The molecule has 46 heavy (non-hydrogen) atoms. The highest BCUT2D eigenvalue weighted by Crippen LogP contribution is 2.19. The van der Waals surface area contributed by atoms with E-state index in [9.17, 15) is 24.9 Å². The van der Waals surface area contributed by atoms with Gasteiger partial charge in [-0.15, -0.1) is 0 Å². The number of aromatic nitrogens is 2. The average Bonchev–Trinajstić information content (AvgIpc) is 3.04. The molecule has 14 nitrogen and oxygen atoms in total. The summed E-state index contributed by atoms with van der Waals surface area (Å²) in [5.41, 5.74) is 13.8. The Morgan fingerprint density at radius 2 is 1.74 bits per heavy atom. The summed E-state index contributed by atoms with van der Waals surface area (Å²) in [5.74, 6) is -0.0829. The van der Waals surface area contributed by atoms with Crippen LogP contribution in [0.5, 0.6) is 0 Å². The number of nitrogen functional groups attached to an aromatic ring is 2. The highest BCUT2D eigenvalue weighted by Gasteiger charge is 2.25. The second-order valence-corrected chi connectivity index (χ2v) is 12.3. The van der Waals surface area contributed by atoms with Crippen molar-refractivity contribution in [3.63, 3.8) is 0 Å². The van der Waals surface area contributed by atoms with E-state index in [4.69, 9.17) is 28.2 Å². The summed E-state index contributed by atoms with van der Waals surface area (Å²) in [6.45, 7) is 5.30. The SMILES string of the molecule is Cc1ccccc1C[C@H](CNCC1CCN(C(=O)CCNC[C@H](O)[C@@H](O)[C@H](O)CCO)CC1)CNC(=O)c1nc(Cl)c(N)nc1N. The van der Waals surface area contributed by atoms with E-state index in [1.54, 1.807) is 0 Å². The number of nitrogens with two attached hydrogens (primary N) is 2.